The summed E-state index contributed by atoms with van der Waals surface area (Å²) in [6.45, 7) is 1.99. The Kier molecular flexibility index (Phi) is 3.12. The third-order valence-electron chi connectivity index (χ3n) is 2.64. The topological polar surface area (TPSA) is 93.6 Å². The summed E-state index contributed by atoms with van der Waals surface area (Å²) in [4.78, 5) is 11.9. The summed E-state index contributed by atoms with van der Waals surface area (Å²) < 4.78 is 5.13. The number of H-pyrrole nitrogens is 1. The molecule has 0 fully saturated rings. The maximum absolute atomic E-state index is 5.73. The first-order valence-corrected chi connectivity index (χ1v) is 6.92. The van der Waals surface area contributed by atoms with Crippen molar-refractivity contribution in [3.8, 4) is 0 Å². The van der Waals surface area contributed by atoms with E-state index >= 15 is 0 Å². The molecule has 0 saturated carbocycles. The predicted octanol–water partition coefficient (Wildman–Crippen LogP) is 2.38. The first-order valence-electron chi connectivity index (χ1n) is 5.94. The highest BCUT2D eigenvalue weighted by Gasteiger charge is 2.08. The minimum Gasteiger partial charge on any atom is -0.399 e. The van der Waals surface area contributed by atoms with E-state index in [1.807, 2.05) is 25.1 Å². The number of hydrogen-bond acceptors (Lipinski definition) is 6. The quantitative estimate of drug-likeness (QED) is 0.561. The molecule has 2 aromatic heterocycles. The normalized spacial score (nSPS) is 11.2. The summed E-state index contributed by atoms with van der Waals surface area (Å²) >= 11 is 1.53. The van der Waals surface area contributed by atoms with Gasteiger partial charge in [-0.25, -0.2) is 4.98 Å². The molecular weight excluding hydrogens is 262 g/mol. The molecule has 3 rings (SSSR count). The van der Waals surface area contributed by atoms with Gasteiger partial charge in [-0.1, -0.05) is 23.8 Å². The molecular formula is C12H13N5OS. The zero-order valence-electron chi connectivity index (χ0n) is 10.4. The Morgan fingerprint density at radius 1 is 1.37 bits per heavy atom. The lowest BCUT2D eigenvalue weighted by Crippen LogP contribution is -1.84. The van der Waals surface area contributed by atoms with Crippen LogP contribution in [0, 0.1) is 0 Å². The van der Waals surface area contributed by atoms with E-state index in [1.165, 1.54) is 11.8 Å². The van der Waals surface area contributed by atoms with Crippen LogP contribution >= 0.6 is 11.8 Å². The summed E-state index contributed by atoms with van der Waals surface area (Å²) in [5.41, 5.74) is 8.28. The molecule has 0 aliphatic carbocycles. The minimum atomic E-state index is 0.600. The first kappa shape index (κ1) is 12.0. The number of thioether (sulfide) groups is 1. The molecule has 0 unspecified atom stereocenters. The van der Waals surface area contributed by atoms with Crippen molar-refractivity contribution in [1.29, 1.82) is 0 Å². The Morgan fingerprint density at radius 3 is 3.05 bits per heavy atom. The molecule has 98 valence electrons. The van der Waals surface area contributed by atoms with Gasteiger partial charge in [-0.2, -0.15) is 4.98 Å². The van der Waals surface area contributed by atoms with Gasteiger partial charge in [0.2, 0.25) is 5.89 Å². The molecule has 0 radical (unpaired) electrons. The second-order valence-corrected chi connectivity index (χ2v) is 5.03. The largest absolute Gasteiger partial charge is 0.399 e. The van der Waals surface area contributed by atoms with Crippen LogP contribution in [0.4, 0.5) is 5.69 Å². The molecule has 0 aliphatic rings. The van der Waals surface area contributed by atoms with Gasteiger partial charge in [-0.3, -0.25) is 0 Å². The van der Waals surface area contributed by atoms with E-state index in [2.05, 4.69) is 20.1 Å². The van der Waals surface area contributed by atoms with Crippen LogP contribution in [0.15, 0.2) is 27.9 Å². The molecule has 1 aromatic carbocycles. The van der Waals surface area contributed by atoms with E-state index in [0.29, 0.717) is 11.6 Å². The molecule has 7 heteroatoms. The predicted molar refractivity (Wildman–Crippen MR) is 73.7 cm³/mol. The second-order valence-electron chi connectivity index (χ2n) is 4.07. The number of anilines is 1. The van der Waals surface area contributed by atoms with Gasteiger partial charge in [0.1, 0.15) is 0 Å². The average molecular weight is 275 g/mol. The molecule has 0 aliphatic heterocycles. The summed E-state index contributed by atoms with van der Waals surface area (Å²) in [5, 5.41) is 4.67. The van der Waals surface area contributed by atoms with Crippen LogP contribution in [0.1, 0.15) is 18.6 Å². The molecule has 0 spiro atoms. The molecule has 0 amide bonds. The van der Waals surface area contributed by atoms with Crippen molar-refractivity contribution >= 4 is 28.5 Å². The van der Waals surface area contributed by atoms with E-state index in [0.717, 1.165) is 34.1 Å². The Morgan fingerprint density at radius 2 is 2.26 bits per heavy atom. The monoisotopic (exact) mass is 275 g/mol. The smallest absolute Gasteiger partial charge is 0.237 e. The van der Waals surface area contributed by atoms with Crippen LogP contribution in [0.5, 0.6) is 0 Å². The fourth-order valence-electron chi connectivity index (χ4n) is 1.69. The number of fused-ring (bicyclic) bond motifs is 1. The van der Waals surface area contributed by atoms with Crippen molar-refractivity contribution in [2.24, 2.45) is 0 Å². The second kappa shape index (κ2) is 4.93. The lowest BCUT2D eigenvalue weighted by molar-refractivity contribution is 0.385. The van der Waals surface area contributed by atoms with Crippen molar-refractivity contribution in [2.75, 3.05) is 5.73 Å². The first-order chi connectivity index (χ1) is 9.24. The Bertz CT molecular complexity index is 705. The van der Waals surface area contributed by atoms with Crippen molar-refractivity contribution in [2.45, 2.75) is 24.3 Å². The highest BCUT2D eigenvalue weighted by atomic mass is 32.2. The van der Waals surface area contributed by atoms with Crippen molar-refractivity contribution < 1.29 is 4.52 Å². The third kappa shape index (κ3) is 2.55. The van der Waals surface area contributed by atoms with E-state index in [4.69, 9.17) is 10.3 Å². The van der Waals surface area contributed by atoms with Gasteiger partial charge in [0.15, 0.2) is 11.0 Å². The van der Waals surface area contributed by atoms with Gasteiger partial charge in [0.25, 0.3) is 0 Å². The number of hydrogen-bond donors (Lipinski definition) is 2. The van der Waals surface area contributed by atoms with Gasteiger partial charge >= 0.3 is 0 Å². The van der Waals surface area contributed by atoms with Crippen LogP contribution < -0.4 is 5.73 Å². The molecule has 3 aromatic rings. The van der Waals surface area contributed by atoms with Crippen LogP contribution in [0.2, 0.25) is 0 Å². The molecule has 0 saturated heterocycles. The van der Waals surface area contributed by atoms with Gasteiger partial charge < -0.3 is 15.2 Å². The number of benzene rings is 1. The van der Waals surface area contributed by atoms with E-state index in [9.17, 15) is 0 Å². The van der Waals surface area contributed by atoms with Crippen molar-refractivity contribution in [1.82, 2.24) is 20.1 Å². The van der Waals surface area contributed by atoms with Gasteiger partial charge in [0.05, 0.1) is 16.8 Å². The number of nitrogens with zero attached hydrogens (tertiary/aromatic N) is 3. The van der Waals surface area contributed by atoms with Crippen LogP contribution in [0.25, 0.3) is 11.0 Å². The number of aryl methyl sites for hydroxylation is 1. The number of imidazole rings is 1. The van der Waals surface area contributed by atoms with E-state index in [1.54, 1.807) is 0 Å². The fraction of sp³-hybridized carbons (Fsp3) is 0.250. The Balaban J connectivity index is 1.74. The zero-order valence-corrected chi connectivity index (χ0v) is 11.2. The number of nitrogens with two attached hydrogens (primary N) is 1. The minimum absolute atomic E-state index is 0.600. The third-order valence-corrected chi connectivity index (χ3v) is 3.50. The van der Waals surface area contributed by atoms with Gasteiger partial charge in [0, 0.05) is 12.1 Å². The SMILES string of the molecule is CCc1noc(CSc2nc3ccc(N)cc3[nH]2)n1. The Labute approximate surface area is 113 Å². The van der Waals surface area contributed by atoms with Crippen molar-refractivity contribution in [3.05, 3.63) is 29.9 Å². The van der Waals surface area contributed by atoms with Crippen molar-refractivity contribution in [3.63, 3.8) is 0 Å². The molecule has 6 nitrogen and oxygen atoms in total. The molecule has 0 atom stereocenters. The molecule has 19 heavy (non-hydrogen) atoms. The standard InChI is InChI=1S/C12H13N5OS/c1-2-10-16-11(18-17-10)6-19-12-14-8-4-3-7(13)5-9(8)15-12/h3-5H,2,6,13H2,1H3,(H,14,15). The number of rotatable bonds is 4. The van der Waals surface area contributed by atoms with Crippen LogP contribution in [-0.4, -0.2) is 20.1 Å². The maximum Gasteiger partial charge on any atom is 0.237 e. The number of aromatic nitrogens is 4. The summed E-state index contributed by atoms with van der Waals surface area (Å²) in [6, 6.07) is 5.60. The number of nitrogens with one attached hydrogen (secondary N) is 1. The Hall–Kier alpha value is -2.02. The van der Waals surface area contributed by atoms with E-state index < -0.39 is 0 Å². The summed E-state index contributed by atoms with van der Waals surface area (Å²) in [5.74, 6) is 1.94. The number of aromatic amines is 1. The zero-order chi connectivity index (χ0) is 13.2. The van der Waals surface area contributed by atoms with Crippen LogP contribution in [-0.2, 0) is 12.2 Å². The summed E-state index contributed by atoms with van der Waals surface area (Å²) in [6.07, 6.45) is 0.776. The lowest BCUT2D eigenvalue weighted by Gasteiger charge is -1.91. The summed E-state index contributed by atoms with van der Waals surface area (Å²) in [7, 11) is 0. The maximum atomic E-state index is 5.73. The molecule has 0 bridgehead atoms. The fourth-order valence-corrected chi connectivity index (χ4v) is 2.42. The van der Waals surface area contributed by atoms with E-state index in [-0.39, 0.29) is 0 Å². The molecule has 2 heterocycles. The van der Waals surface area contributed by atoms with Gasteiger partial charge in [-0.15, -0.1) is 0 Å². The lowest BCUT2D eigenvalue weighted by atomic mass is 10.3. The van der Waals surface area contributed by atoms with Crippen LogP contribution in [0.3, 0.4) is 0 Å². The highest BCUT2D eigenvalue weighted by molar-refractivity contribution is 7.98. The number of nitrogen functional groups attached to an aromatic ring is 1. The average Bonchev–Trinajstić information content (AvgIpc) is 3.01. The van der Waals surface area contributed by atoms with Gasteiger partial charge in [-0.05, 0) is 18.2 Å². The highest BCUT2D eigenvalue weighted by Crippen LogP contribution is 2.23. The molecule has 3 N–H and O–H groups in total.